The van der Waals surface area contributed by atoms with Crippen molar-refractivity contribution in [3.05, 3.63) is 64.7 Å². The maximum atomic E-state index is 12.2. The van der Waals surface area contributed by atoms with Gasteiger partial charge < -0.3 is 10.1 Å². The van der Waals surface area contributed by atoms with Crippen LogP contribution in [0.1, 0.15) is 35.6 Å². The van der Waals surface area contributed by atoms with E-state index in [0.29, 0.717) is 6.54 Å². The van der Waals surface area contributed by atoms with Gasteiger partial charge in [0.15, 0.2) is 6.10 Å². The highest BCUT2D eigenvalue weighted by atomic mass is 16.5. The van der Waals surface area contributed by atoms with E-state index < -0.39 is 6.10 Å². The van der Waals surface area contributed by atoms with Gasteiger partial charge in [0.25, 0.3) is 5.91 Å². The Bertz CT molecular complexity index is 680. The van der Waals surface area contributed by atoms with Crippen molar-refractivity contribution >= 4 is 5.91 Å². The first kappa shape index (κ1) is 18.1. The van der Waals surface area contributed by atoms with Crippen LogP contribution in [0.5, 0.6) is 5.75 Å². The zero-order valence-electron chi connectivity index (χ0n) is 15.1. The minimum Gasteiger partial charge on any atom is -0.481 e. The maximum absolute atomic E-state index is 12.2. The Hall–Kier alpha value is -2.29. The lowest BCUT2D eigenvalue weighted by molar-refractivity contribution is -0.127. The number of rotatable bonds is 7. The lowest BCUT2D eigenvalue weighted by atomic mass is 10.1. The van der Waals surface area contributed by atoms with Crippen LogP contribution in [0.15, 0.2) is 42.5 Å². The number of hydrogen-bond acceptors (Lipinski definition) is 2. The van der Waals surface area contributed by atoms with Crippen LogP contribution in [-0.4, -0.2) is 18.6 Å². The second kappa shape index (κ2) is 8.53. The van der Waals surface area contributed by atoms with Crippen molar-refractivity contribution in [2.75, 3.05) is 6.54 Å². The largest absolute Gasteiger partial charge is 0.481 e. The van der Waals surface area contributed by atoms with Gasteiger partial charge in [0.1, 0.15) is 5.75 Å². The molecule has 0 unspecified atom stereocenters. The molecule has 0 spiro atoms. The molecular formula is C21H27NO2. The fourth-order valence-corrected chi connectivity index (χ4v) is 2.66. The average molecular weight is 325 g/mol. The van der Waals surface area contributed by atoms with Gasteiger partial charge in [-0.05, 0) is 68.9 Å². The van der Waals surface area contributed by atoms with Gasteiger partial charge in [-0.15, -0.1) is 0 Å². The monoisotopic (exact) mass is 325 g/mol. The van der Waals surface area contributed by atoms with Crippen molar-refractivity contribution in [1.29, 1.82) is 0 Å². The van der Waals surface area contributed by atoms with Gasteiger partial charge in [-0.25, -0.2) is 0 Å². The summed E-state index contributed by atoms with van der Waals surface area (Å²) in [5.41, 5.74) is 4.70. The Balaban J connectivity index is 1.80. The van der Waals surface area contributed by atoms with Gasteiger partial charge >= 0.3 is 0 Å². The number of aryl methyl sites for hydroxylation is 3. The molecule has 24 heavy (non-hydrogen) atoms. The van der Waals surface area contributed by atoms with Crippen LogP contribution in [0, 0.1) is 20.8 Å². The molecule has 0 saturated carbocycles. The smallest absolute Gasteiger partial charge is 0.260 e. The van der Waals surface area contributed by atoms with Crippen LogP contribution < -0.4 is 10.1 Å². The van der Waals surface area contributed by atoms with E-state index in [4.69, 9.17) is 4.74 Å². The third-order valence-electron chi connectivity index (χ3n) is 4.22. The maximum Gasteiger partial charge on any atom is 0.260 e. The molecule has 1 amide bonds. The van der Waals surface area contributed by atoms with E-state index >= 15 is 0 Å². The SMILES string of the molecule is Cc1cc(C)c(C)c(O[C@H](C)C(=O)NCCCc2ccccc2)c1. The van der Waals surface area contributed by atoms with E-state index in [0.717, 1.165) is 29.7 Å². The van der Waals surface area contributed by atoms with Crippen LogP contribution in [0.25, 0.3) is 0 Å². The van der Waals surface area contributed by atoms with Crippen molar-refractivity contribution < 1.29 is 9.53 Å². The third-order valence-corrected chi connectivity index (χ3v) is 4.22. The summed E-state index contributed by atoms with van der Waals surface area (Å²) in [5.74, 6) is 0.723. The molecule has 1 atom stereocenters. The van der Waals surface area contributed by atoms with E-state index in [1.165, 1.54) is 11.1 Å². The van der Waals surface area contributed by atoms with Crippen LogP contribution >= 0.6 is 0 Å². The van der Waals surface area contributed by atoms with Gasteiger partial charge in [0.2, 0.25) is 0 Å². The van der Waals surface area contributed by atoms with E-state index in [9.17, 15) is 4.79 Å². The summed E-state index contributed by atoms with van der Waals surface area (Å²) < 4.78 is 5.87. The second-order valence-corrected chi connectivity index (χ2v) is 6.35. The molecule has 128 valence electrons. The first-order chi connectivity index (χ1) is 11.5. The molecule has 0 fully saturated rings. The molecule has 0 heterocycles. The first-order valence-electron chi connectivity index (χ1n) is 8.53. The molecule has 1 N–H and O–H groups in total. The fourth-order valence-electron chi connectivity index (χ4n) is 2.66. The number of nitrogens with one attached hydrogen (secondary N) is 1. The zero-order chi connectivity index (χ0) is 17.5. The van der Waals surface area contributed by atoms with Gasteiger partial charge in [-0.2, -0.15) is 0 Å². The lowest BCUT2D eigenvalue weighted by Gasteiger charge is -2.18. The number of ether oxygens (including phenoxy) is 1. The highest BCUT2D eigenvalue weighted by molar-refractivity contribution is 5.80. The van der Waals surface area contributed by atoms with Crippen LogP contribution in [0.4, 0.5) is 0 Å². The van der Waals surface area contributed by atoms with E-state index in [1.807, 2.05) is 38.1 Å². The van der Waals surface area contributed by atoms with Gasteiger partial charge in [0, 0.05) is 6.54 Å². The van der Waals surface area contributed by atoms with Crippen molar-refractivity contribution in [3.8, 4) is 5.75 Å². The Labute approximate surface area is 145 Å². The van der Waals surface area contributed by atoms with Gasteiger partial charge in [-0.3, -0.25) is 4.79 Å². The predicted octanol–water partition coefficient (Wildman–Crippen LogP) is 4.13. The van der Waals surface area contributed by atoms with Crippen molar-refractivity contribution in [3.63, 3.8) is 0 Å². The molecule has 0 bridgehead atoms. The average Bonchev–Trinajstić information content (AvgIpc) is 2.56. The lowest BCUT2D eigenvalue weighted by Crippen LogP contribution is -2.37. The quantitative estimate of drug-likeness (QED) is 0.777. The third kappa shape index (κ3) is 5.12. The normalized spacial score (nSPS) is 11.8. The standard InChI is InChI=1S/C21H27NO2/c1-15-13-16(2)17(3)20(14-15)24-18(4)21(23)22-12-8-11-19-9-6-5-7-10-19/h5-7,9-10,13-14,18H,8,11-12H2,1-4H3,(H,22,23)/t18-/m1/s1. The summed E-state index contributed by atoms with van der Waals surface area (Å²) in [7, 11) is 0. The van der Waals surface area contributed by atoms with Gasteiger partial charge in [-0.1, -0.05) is 36.4 Å². The fraction of sp³-hybridized carbons (Fsp3) is 0.381. The van der Waals surface area contributed by atoms with Crippen molar-refractivity contribution in [1.82, 2.24) is 5.32 Å². The highest BCUT2D eigenvalue weighted by Gasteiger charge is 2.15. The summed E-state index contributed by atoms with van der Waals surface area (Å²) >= 11 is 0. The Morgan fingerprint density at radius 1 is 1.12 bits per heavy atom. The van der Waals surface area contributed by atoms with Crippen molar-refractivity contribution in [2.24, 2.45) is 0 Å². The molecule has 2 aromatic rings. The van der Waals surface area contributed by atoms with Crippen molar-refractivity contribution in [2.45, 2.75) is 46.6 Å². The van der Waals surface area contributed by atoms with Crippen LogP contribution in [0.2, 0.25) is 0 Å². The van der Waals surface area contributed by atoms with Crippen LogP contribution in [0.3, 0.4) is 0 Å². The molecule has 0 aliphatic heterocycles. The number of hydrogen-bond donors (Lipinski definition) is 1. The molecule has 0 saturated heterocycles. The summed E-state index contributed by atoms with van der Waals surface area (Å²) in [6.07, 6.45) is 1.39. The number of benzene rings is 2. The van der Waals surface area contributed by atoms with E-state index in [1.54, 1.807) is 6.92 Å². The number of carbonyl (C=O) groups excluding carboxylic acids is 1. The van der Waals surface area contributed by atoms with Gasteiger partial charge in [0.05, 0.1) is 0 Å². The zero-order valence-corrected chi connectivity index (χ0v) is 15.1. The molecule has 3 nitrogen and oxygen atoms in total. The molecule has 0 radical (unpaired) electrons. The molecule has 3 heteroatoms. The highest BCUT2D eigenvalue weighted by Crippen LogP contribution is 2.24. The Morgan fingerprint density at radius 2 is 1.83 bits per heavy atom. The molecule has 0 aliphatic rings. The van der Waals surface area contributed by atoms with E-state index in [2.05, 4.69) is 30.4 Å². The Morgan fingerprint density at radius 3 is 2.54 bits per heavy atom. The predicted molar refractivity (Wildman–Crippen MR) is 98.5 cm³/mol. The Kier molecular flexibility index (Phi) is 6.42. The number of amides is 1. The van der Waals surface area contributed by atoms with E-state index in [-0.39, 0.29) is 5.91 Å². The summed E-state index contributed by atoms with van der Waals surface area (Å²) in [5, 5.41) is 2.96. The minimum atomic E-state index is -0.498. The van der Waals surface area contributed by atoms with Crippen LogP contribution in [-0.2, 0) is 11.2 Å². The summed E-state index contributed by atoms with van der Waals surface area (Å²) in [6, 6.07) is 14.4. The second-order valence-electron chi connectivity index (χ2n) is 6.35. The first-order valence-corrected chi connectivity index (χ1v) is 8.53. The molecule has 0 aliphatic carbocycles. The minimum absolute atomic E-state index is 0.0679. The molecule has 2 aromatic carbocycles. The summed E-state index contributed by atoms with van der Waals surface area (Å²) in [4.78, 5) is 12.2. The summed E-state index contributed by atoms with van der Waals surface area (Å²) in [6.45, 7) is 8.57. The molecule has 0 aromatic heterocycles. The number of carbonyl (C=O) groups is 1. The molecular weight excluding hydrogens is 298 g/mol. The molecule has 2 rings (SSSR count). The topological polar surface area (TPSA) is 38.3 Å².